The van der Waals surface area contributed by atoms with Crippen molar-refractivity contribution in [1.82, 2.24) is 4.90 Å². The Morgan fingerprint density at radius 1 is 1.09 bits per heavy atom. The van der Waals surface area contributed by atoms with Crippen LogP contribution in [0.4, 0.5) is 0 Å². The number of rotatable bonds is 8. The number of carbonyl (C=O) groups excluding carboxylic acids is 1. The molecule has 2 aromatic rings. The van der Waals surface area contributed by atoms with Gasteiger partial charge in [-0.15, -0.1) is 0 Å². The molecule has 1 aliphatic heterocycles. The van der Waals surface area contributed by atoms with Gasteiger partial charge in [0.2, 0.25) is 0 Å². The van der Waals surface area contributed by atoms with Gasteiger partial charge in [0.15, 0.2) is 15.9 Å². The molecule has 0 N–H and O–H groups in total. The molecule has 0 radical (unpaired) electrons. The van der Waals surface area contributed by atoms with E-state index < -0.39 is 15.9 Å². The molecular weight excluding hydrogens is 422 g/mol. The van der Waals surface area contributed by atoms with Gasteiger partial charge in [-0.05, 0) is 60.9 Å². The fraction of sp³-hybridized carbons (Fsp3) is 0.500. The zero-order valence-electron chi connectivity index (χ0n) is 19.8. The number of nitrogens with zero attached hydrogens (tertiary/aromatic N) is 1. The number of hydrogen-bond donors (Lipinski definition) is 0. The summed E-state index contributed by atoms with van der Waals surface area (Å²) in [6.45, 7) is 10.4. The van der Waals surface area contributed by atoms with E-state index in [-0.39, 0.29) is 29.4 Å². The Morgan fingerprint density at radius 2 is 1.75 bits per heavy atom. The Balaban J connectivity index is 1.85. The van der Waals surface area contributed by atoms with Gasteiger partial charge in [0, 0.05) is 12.6 Å². The molecule has 2 atom stereocenters. The SMILES string of the molecule is CCc1ccc(CN(C(=O)C(C)Oc2cc(C)ccc2C(C)C)C2CCS(=O)(=O)C2)cc1. The summed E-state index contributed by atoms with van der Waals surface area (Å²) in [7, 11) is -3.12. The van der Waals surface area contributed by atoms with Gasteiger partial charge in [-0.1, -0.05) is 57.2 Å². The Labute approximate surface area is 192 Å². The molecule has 1 heterocycles. The van der Waals surface area contributed by atoms with E-state index in [4.69, 9.17) is 4.74 Å². The minimum Gasteiger partial charge on any atom is -0.481 e. The molecule has 0 bridgehead atoms. The lowest BCUT2D eigenvalue weighted by Crippen LogP contribution is -2.46. The molecule has 1 saturated heterocycles. The van der Waals surface area contributed by atoms with E-state index in [0.29, 0.717) is 18.7 Å². The Morgan fingerprint density at radius 3 is 2.31 bits per heavy atom. The first kappa shape index (κ1) is 24.3. The van der Waals surface area contributed by atoms with Crippen LogP contribution in [0.15, 0.2) is 42.5 Å². The highest BCUT2D eigenvalue weighted by Crippen LogP contribution is 2.29. The summed E-state index contributed by atoms with van der Waals surface area (Å²) in [5.74, 6) is 0.942. The maximum Gasteiger partial charge on any atom is 0.263 e. The van der Waals surface area contributed by atoms with Crippen molar-refractivity contribution in [2.75, 3.05) is 11.5 Å². The number of amides is 1. The van der Waals surface area contributed by atoms with Crippen LogP contribution in [-0.4, -0.2) is 42.9 Å². The summed E-state index contributed by atoms with van der Waals surface area (Å²) in [6, 6.07) is 13.9. The van der Waals surface area contributed by atoms with Gasteiger partial charge < -0.3 is 9.64 Å². The highest BCUT2D eigenvalue weighted by Gasteiger charge is 2.36. The minimum atomic E-state index is -3.12. The van der Waals surface area contributed by atoms with E-state index in [2.05, 4.69) is 32.9 Å². The van der Waals surface area contributed by atoms with Gasteiger partial charge in [0.1, 0.15) is 5.75 Å². The Bertz CT molecular complexity index is 1040. The summed E-state index contributed by atoms with van der Waals surface area (Å²) >= 11 is 0. The molecule has 0 saturated carbocycles. The number of hydrogen-bond acceptors (Lipinski definition) is 4. The summed E-state index contributed by atoms with van der Waals surface area (Å²) in [5.41, 5.74) is 4.34. The van der Waals surface area contributed by atoms with Crippen LogP contribution in [-0.2, 0) is 27.6 Å². The van der Waals surface area contributed by atoms with Crippen molar-refractivity contribution in [2.45, 2.75) is 72.1 Å². The first-order chi connectivity index (χ1) is 15.1. The molecular formula is C26H35NO4S. The summed E-state index contributed by atoms with van der Waals surface area (Å²) in [6.07, 6.45) is 0.700. The van der Waals surface area contributed by atoms with Crippen LogP contribution in [0.1, 0.15) is 62.3 Å². The second-order valence-corrected chi connectivity index (χ2v) is 11.4. The highest BCUT2D eigenvalue weighted by molar-refractivity contribution is 7.91. The van der Waals surface area contributed by atoms with Gasteiger partial charge in [-0.2, -0.15) is 0 Å². The van der Waals surface area contributed by atoms with Crippen LogP contribution in [0.2, 0.25) is 0 Å². The molecule has 32 heavy (non-hydrogen) atoms. The van der Waals surface area contributed by atoms with Crippen molar-refractivity contribution in [3.8, 4) is 5.75 Å². The molecule has 2 aromatic carbocycles. The zero-order chi connectivity index (χ0) is 23.5. The van der Waals surface area contributed by atoms with E-state index in [1.54, 1.807) is 11.8 Å². The topological polar surface area (TPSA) is 63.7 Å². The lowest BCUT2D eigenvalue weighted by atomic mass is 10.0. The molecule has 1 aliphatic rings. The molecule has 0 spiro atoms. The fourth-order valence-corrected chi connectivity index (χ4v) is 5.91. The quantitative estimate of drug-likeness (QED) is 0.578. The maximum absolute atomic E-state index is 13.5. The van der Waals surface area contributed by atoms with Crippen LogP contribution in [0.25, 0.3) is 0 Å². The average Bonchev–Trinajstić information content (AvgIpc) is 3.11. The second-order valence-electron chi connectivity index (χ2n) is 9.15. The fourth-order valence-electron chi connectivity index (χ4n) is 4.18. The standard InChI is InChI=1S/C26H35NO4S/c1-6-21-8-10-22(11-9-21)16-27(23-13-14-32(29,30)17-23)26(28)20(5)31-25-15-19(4)7-12-24(25)18(2)3/h7-12,15,18,20,23H,6,13-14,16-17H2,1-5H3. The third kappa shape index (κ3) is 5.91. The van der Waals surface area contributed by atoms with E-state index in [9.17, 15) is 13.2 Å². The van der Waals surface area contributed by atoms with Gasteiger partial charge >= 0.3 is 0 Å². The van der Waals surface area contributed by atoms with Gasteiger partial charge in [0.05, 0.1) is 11.5 Å². The molecule has 0 aromatic heterocycles. The molecule has 0 aliphatic carbocycles. The lowest BCUT2D eigenvalue weighted by Gasteiger charge is -2.31. The number of aryl methyl sites for hydroxylation is 2. The van der Waals surface area contributed by atoms with Crippen LogP contribution in [0.3, 0.4) is 0 Å². The molecule has 5 nitrogen and oxygen atoms in total. The minimum absolute atomic E-state index is 0.0141. The first-order valence-electron chi connectivity index (χ1n) is 11.5. The summed E-state index contributed by atoms with van der Waals surface area (Å²) in [4.78, 5) is 15.3. The average molecular weight is 458 g/mol. The molecule has 6 heteroatoms. The maximum atomic E-state index is 13.5. The predicted octanol–water partition coefficient (Wildman–Crippen LogP) is 4.66. The van der Waals surface area contributed by atoms with Crippen molar-refractivity contribution in [2.24, 2.45) is 0 Å². The van der Waals surface area contributed by atoms with Crippen molar-refractivity contribution < 1.29 is 17.9 Å². The third-order valence-electron chi connectivity index (χ3n) is 6.16. The summed E-state index contributed by atoms with van der Waals surface area (Å²) < 4.78 is 30.5. The van der Waals surface area contributed by atoms with Gasteiger partial charge in [-0.25, -0.2) is 8.42 Å². The van der Waals surface area contributed by atoms with E-state index >= 15 is 0 Å². The van der Waals surface area contributed by atoms with Crippen molar-refractivity contribution in [3.63, 3.8) is 0 Å². The Kier molecular flexibility index (Phi) is 7.65. The number of benzene rings is 2. The van der Waals surface area contributed by atoms with Gasteiger partial charge in [0.25, 0.3) is 5.91 Å². The van der Waals surface area contributed by atoms with E-state index in [0.717, 1.165) is 23.1 Å². The molecule has 174 valence electrons. The van der Waals surface area contributed by atoms with E-state index in [1.165, 1.54) is 5.56 Å². The Hall–Kier alpha value is -2.34. The number of carbonyl (C=O) groups is 1. The van der Waals surface area contributed by atoms with Crippen LogP contribution < -0.4 is 4.74 Å². The number of ether oxygens (including phenoxy) is 1. The predicted molar refractivity (Wildman–Crippen MR) is 129 cm³/mol. The lowest BCUT2D eigenvalue weighted by molar-refractivity contribution is -0.140. The van der Waals surface area contributed by atoms with Crippen LogP contribution in [0.5, 0.6) is 5.75 Å². The van der Waals surface area contributed by atoms with Crippen molar-refractivity contribution >= 4 is 15.7 Å². The number of sulfone groups is 1. The molecule has 1 amide bonds. The van der Waals surface area contributed by atoms with Crippen molar-refractivity contribution in [3.05, 3.63) is 64.7 Å². The van der Waals surface area contributed by atoms with Crippen LogP contribution in [0, 0.1) is 6.92 Å². The summed E-state index contributed by atoms with van der Waals surface area (Å²) in [5, 5.41) is 0. The smallest absolute Gasteiger partial charge is 0.263 e. The second kappa shape index (κ2) is 10.1. The largest absolute Gasteiger partial charge is 0.481 e. The third-order valence-corrected chi connectivity index (χ3v) is 7.91. The van der Waals surface area contributed by atoms with Crippen LogP contribution >= 0.6 is 0 Å². The highest BCUT2D eigenvalue weighted by atomic mass is 32.2. The first-order valence-corrected chi connectivity index (χ1v) is 13.3. The zero-order valence-corrected chi connectivity index (χ0v) is 20.6. The van der Waals surface area contributed by atoms with Gasteiger partial charge in [-0.3, -0.25) is 4.79 Å². The molecule has 2 unspecified atom stereocenters. The normalized spacial score (nSPS) is 18.5. The monoisotopic (exact) mass is 457 g/mol. The van der Waals surface area contributed by atoms with Crippen molar-refractivity contribution in [1.29, 1.82) is 0 Å². The van der Waals surface area contributed by atoms with E-state index in [1.807, 2.05) is 37.3 Å². The molecule has 1 fully saturated rings. The molecule has 3 rings (SSSR count).